The Morgan fingerprint density at radius 1 is 1.11 bits per heavy atom. The zero-order chi connectivity index (χ0) is 13.3. The van der Waals surface area contributed by atoms with Crippen LogP contribution in [0.2, 0.25) is 0 Å². The fourth-order valence-corrected chi connectivity index (χ4v) is 2.97. The molecule has 1 aromatic carbocycles. The number of nitrogens with one attached hydrogen (secondary N) is 1. The van der Waals surface area contributed by atoms with Gasteiger partial charge in [0.05, 0.1) is 5.56 Å². The van der Waals surface area contributed by atoms with Crippen LogP contribution in [0.4, 0.5) is 5.69 Å². The lowest BCUT2D eigenvalue weighted by molar-refractivity contribution is 0.102. The van der Waals surface area contributed by atoms with Crippen molar-refractivity contribution in [1.29, 1.82) is 0 Å². The van der Waals surface area contributed by atoms with Gasteiger partial charge in [0, 0.05) is 15.4 Å². The summed E-state index contributed by atoms with van der Waals surface area (Å²) in [6.07, 6.45) is 0. The van der Waals surface area contributed by atoms with E-state index in [0.29, 0.717) is 0 Å². The van der Waals surface area contributed by atoms with Crippen LogP contribution >= 0.6 is 11.3 Å². The molecule has 1 amide bonds. The third kappa shape index (κ3) is 2.46. The van der Waals surface area contributed by atoms with Crippen LogP contribution in [0.1, 0.15) is 31.2 Å². The van der Waals surface area contributed by atoms with Gasteiger partial charge < -0.3 is 5.32 Å². The third-order valence-corrected chi connectivity index (χ3v) is 3.97. The number of hydrogen-bond donors (Lipinski definition) is 1. The molecule has 0 aliphatic rings. The number of hydrogen-bond acceptors (Lipinski definition) is 2. The lowest BCUT2D eigenvalue weighted by Crippen LogP contribution is -2.13. The average molecular weight is 259 g/mol. The van der Waals surface area contributed by atoms with Crippen LogP contribution in [-0.4, -0.2) is 5.91 Å². The Hall–Kier alpha value is -1.61. The number of amides is 1. The Balaban J connectivity index is 2.30. The molecule has 0 spiro atoms. The molecule has 0 aliphatic heterocycles. The van der Waals surface area contributed by atoms with Gasteiger partial charge in [-0.05, 0) is 44.9 Å². The van der Waals surface area contributed by atoms with Crippen LogP contribution in [0.5, 0.6) is 0 Å². The Bertz CT molecular complexity index is 578. The summed E-state index contributed by atoms with van der Waals surface area (Å²) < 4.78 is 0. The van der Waals surface area contributed by atoms with Gasteiger partial charge in [-0.15, -0.1) is 11.3 Å². The number of benzene rings is 1. The van der Waals surface area contributed by atoms with Crippen LogP contribution in [0.15, 0.2) is 24.3 Å². The quantitative estimate of drug-likeness (QED) is 0.859. The molecule has 0 saturated carbocycles. The smallest absolute Gasteiger partial charge is 0.256 e. The standard InChI is InChI=1S/C15H17NOS/c1-9-6-5-7-10(2)14(9)16-15(17)13-8-11(3)18-12(13)4/h5-8H,1-4H3,(H,16,17). The summed E-state index contributed by atoms with van der Waals surface area (Å²) in [6, 6.07) is 7.96. The topological polar surface area (TPSA) is 29.1 Å². The van der Waals surface area contributed by atoms with Gasteiger partial charge in [-0.3, -0.25) is 4.79 Å². The highest BCUT2D eigenvalue weighted by molar-refractivity contribution is 7.12. The first-order valence-electron chi connectivity index (χ1n) is 5.93. The minimum Gasteiger partial charge on any atom is -0.321 e. The van der Waals surface area contributed by atoms with Gasteiger partial charge in [0.2, 0.25) is 0 Å². The average Bonchev–Trinajstić information content (AvgIpc) is 2.63. The Morgan fingerprint density at radius 2 is 1.72 bits per heavy atom. The van der Waals surface area contributed by atoms with Crippen molar-refractivity contribution >= 4 is 22.9 Å². The van der Waals surface area contributed by atoms with Crippen molar-refractivity contribution in [2.24, 2.45) is 0 Å². The van der Waals surface area contributed by atoms with E-state index in [2.05, 4.69) is 5.32 Å². The van der Waals surface area contributed by atoms with Crippen LogP contribution in [-0.2, 0) is 0 Å². The molecule has 2 aromatic rings. The van der Waals surface area contributed by atoms with Crippen LogP contribution in [0.25, 0.3) is 0 Å². The molecule has 0 atom stereocenters. The second kappa shape index (κ2) is 4.94. The van der Waals surface area contributed by atoms with Gasteiger partial charge in [-0.25, -0.2) is 0 Å². The molecule has 0 radical (unpaired) electrons. The van der Waals surface area contributed by atoms with Crippen molar-refractivity contribution in [3.05, 3.63) is 50.7 Å². The van der Waals surface area contributed by atoms with E-state index < -0.39 is 0 Å². The fourth-order valence-electron chi connectivity index (χ4n) is 2.05. The van der Waals surface area contributed by atoms with Crippen LogP contribution < -0.4 is 5.32 Å². The number of aryl methyl sites for hydroxylation is 4. The first kappa shape index (κ1) is 12.8. The molecule has 0 saturated heterocycles. The maximum absolute atomic E-state index is 12.2. The molecule has 0 fully saturated rings. The van der Waals surface area contributed by atoms with Crippen molar-refractivity contribution in [2.75, 3.05) is 5.32 Å². The highest BCUT2D eigenvalue weighted by Gasteiger charge is 2.13. The van der Waals surface area contributed by atoms with Crippen molar-refractivity contribution < 1.29 is 4.79 Å². The molecule has 1 aromatic heterocycles. The van der Waals surface area contributed by atoms with E-state index in [4.69, 9.17) is 0 Å². The molecule has 0 bridgehead atoms. The number of carbonyl (C=O) groups is 1. The Labute approximate surface area is 112 Å². The van der Waals surface area contributed by atoms with E-state index in [1.54, 1.807) is 11.3 Å². The lowest BCUT2D eigenvalue weighted by Gasteiger charge is -2.11. The highest BCUT2D eigenvalue weighted by Crippen LogP contribution is 2.24. The summed E-state index contributed by atoms with van der Waals surface area (Å²) in [4.78, 5) is 14.5. The molecule has 1 heterocycles. The molecule has 3 heteroatoms. The number of rotatable bonds is 2. The largest absolute Gasteiger partial charge is 0.321 e. The summed E-state index contributed by atoms with van der Waals surface area (Å²) in [5.74, 6) is -0.0192. The summed E-state index contributed by atoms with van der Waals surface area (Å²) in [6.45, 7) is 8.02. The van der Waals surface area contributed by atoms with E-state index in [1.807, 2.05) is 52.0 Å². The molecule has 0 aliphatic carbocycles. The molecule has 18 heavy (non-hydrogen) atoms. The van der Waals surface area contributed by atoms with Gasteiger partial charge in [-0.1, -0.05) is 18.2 Å². The number of para-hydroxylation sites is 1. The SMILES string of the molecule is Cc1cc(C(=O)Nc2c(C)cccc2C)c(C)s1. The lowest BCUT2D eigenvalue weighted by atomic mass is 10.1. The molecule has 94 valence electrons. The second-order valence-corrected chi connectivity index (χ2v) is 6.01. The predicted molar refractivity (Wildman–Crippen MR) is 77.7 cm³/mol. The molecule has 2 rings (SSSR count). The predicted octanol–water partition coefficient (Wildman–Crippen LogP) is 4.23. The van der Waals surface area contributed by atoms with Gasteiger partial charge in [0.1, 0.15) is 0 Å². The van der Waals surface area contributed by atoms with Gasteiger partial charge in [-0.2, -0.15) is 0 Å². The van der Waals surface area contributed by atoms with E-state index in [9.17, 15) is 4.79 Å². The van der Waals surface area contributed by atoms with Gasteiger partial charge in [0.25, 0.3) is 5.91 Å². The van der Waals surface area contributed by atoms with Crippen molar-refractivity contribution in [2.45, 2.75) is 27.7 Å². The summed E-state index contributed by atoms with van der Waals surface area (Å²) in [7, 11) is 0. The minimum absolute atomic E-state index is 0.0192. The summed E-state index contributed by atoms with van der Waals surface area (Å²) in [5.41, 5.74) is 3.88. The molecule has 2 nitrogen and oxygen atoms in total. The van der Waals surface area contributed by atoms with E-state index in [1.165, 1.54) is 4.88 Å². The highest BCUT2D eigenvalue weighted by atomic mass is 32.1. The van der Waals surface area contributed by atoms with E-state index in [-0.39, 0.29) is 5.91 Å². The Kier molecular flexibility index (Phi) is 3.53. The monoisotopic (exact) mass is 259 g/mol. The molecule has 0 unspecified atom stereocenters. The van der Waals surface area contributed by atoms with Gasteiger partial charge >= 0.3 is 0 Å². The van der Waals surface area contributed by atoms with Crippen LogP contribution in [0.3, 0.4) is 0 Å². The maximum Gasteiger partial charge on any atom is 0.256 e. The van der Waals surface area contributed by atoms with Crippen molar-refractivity contribution in [3.8, 4) is 0 Å². The third-order valence-electron chi connectivity index (χ3n) is 3.01. The molecular formula is C15H17NOS. The Morgan fingerprint density at radius 3 is 2.22 bits per heavy atom. The van der Waals surface area contributed by atoms with Crippen molar-refractivity contribution in [3.63, 3.8) is 0 Å². The second-order valence-electron chi connectivity index (χ2n) is 4.55. The van der Waals surface area contributed by atoms with E-state index >= 15 is 0 Å². The first-order valence-corrected chi connectivity index (χ1v) is 6.75. The van der Waals surface area contributed by atoms with Gasteiger partial charge in [0.15, 0.2) is 0 Å². The fraction of sp³-hybridized carbons (Fsp3) is 0.267. The summed E-state index contributed by atoms with van der Waals surface area (Å²) >= 11 is 1.66. The van der Waals surface area contributed by atoms with Crippen molar-refractivity contribution in [1.82, 2.24) is 0 Å². The molecular weight excluding hydrogens is 242 g/mol. The zero-order valence-corrected chi connectivity index (χ0v) is 11.9. The van der Waals surface area contributed by atoms with Crippen LogP contribution in [0, 0.1) is 27.7 Å². The first-order chi connectivity index (χ1) is 8.49. The summed E-state index contributed by atoms with van der Waals surface area (Å²) in [5, 5.41) is 3.02. The van der Waals surface area contributed by atoms with E-state index in [0.717, 1.165) is 27.3 Å². The normalized spacial score (nSPS) is 10.4. The number of thiophene rings is 1. The molecule has 1 N–H and O–H groups in total. The minimum atomic E-state index is -0.0192. The zero-order valence-electron chi connectivity index (χ0n) is 11.1. The maximum atomic E-state index is 12.2. The number of carbonyl (C=O) groups excluding carboxylic acids is 1. The number of anilines is 1.